The molecular weight excluding hydrogens is 408 g/mol. The van der Waals surface area contributed by atoms with E-state index >= 15 is 0 Å². The van der Waals surface area contributed by atoms with Gasteiger partial charge >= 0.3 is 11.4 Å². The number of aryl methyl sites for hydroxylation is 1. The van der Waals surface area contributed by atoms with Crippen LogP contribution in [0.1, 0.15) is 32.3 Å². The first-order chi connectivity index (χ1) is 13.8. The Hall–Kier alpha value is -2.95. The lowest BCUT2D eigenvalue weighted by atomic mass is 9.96. The summed E-state index contributed by atoms with van der Waals surface area (Å²) < 4.78 is 4.75. The molecule has 160 valence electrons. The van der Waals surface area contributed by atoms with Gasteiger partial charge in [0.15, 0.2) is 5.65 Å². The van der Waals surface area contributed by atoms with Crippen LogP contribution in [0.4, 0.5) is 0 Å². The van der Waals surface area contributed by atoms with Gasteiger partial charge in [-0.2, -0.15) is 0 Å². The highest BCUT2D eigenvalue weighted by molar-refractivity contribution is 7.98. The average Bonchev–Trinajstić information content (AvgIpc) is 2.69. The Bertz CT molecular complexity index is 1400. The Morgan fingerprint density at radius 3 is 2.07 bits per heavy atom. The Kier molecular flexibility index (Phi) is 5.35. The summed E-state index contributed by atoms with van der Waals surface area (Å²) in [6.07, 6.45) is 0. The molecular formula is C19H24N6O4S. The van der Waals surface area contributed by atoms with Gasteiger partial charge in [0.25, 0.3) is 11.1 Å². The SMILES string of the molecule is Cn1c(CSc2nc(C(C)(C)C)nc3c2c(=O)n(C)c(=O)n3C)cc(=O)n(C)c1=O. The fraction of sp³-hybridized carbons (Fsp3) is 0.474. The van der Waals surface area contributed by atoms with Crippen molar-refractivity contribution < 1.29 is 0 Å². The van der Waals surface area contributed by atoms with Crippen molar-refractivity contribution >= 4 is 22.8 Å². The van der Waals surface area contributed by atoms with Crippen LogP contribution in [-0.4, -0.2) is 28.2 Å². The molecule has 11 heteroatoms. The predicted molar refractivity (Wildman–Crippen MR) is 115 cm³/mol. The Labute approximate surface area is 175 Å². The van der Waals surface area contributed by atoms with E-state index in [0.29, 0.717) is 16.5 Å². The highest BCUT2D eigenvalue weighted by Crippen LogP contribution is 2.28. The van der Waals surface area contributed by atoms with E-state index in [4.69, 9.17) is 0 Å². The molecule has 0 amide bonds. The molecule has 0 spiro atoms. The molecule has 3 rings (SSSR count). The Morgan fingerprint density at radius 2 is 1.47 bits per heavy atom. The van der Waals surface area contributed by atoms with Crippen molar-refractivity contribution in [1.29, 1.82) is 0 Å². The molecule has 3 aromatic rings. The monoisotopic (exact) mass is 432 g/mol. The minimum absolute atomic E-state index is 0.228. The number of hydrogen-bond donors (Lipinski definition) is 0. The molecule has 10 nitrogen and oxygen atoms in total. The molecule has 30 heavy (non-hydrogen) atoms. The average molecular weight is 433 g/mol. The van der Waals surface area contributed by atoms with E-state index < -0.39 is 27.9 Å². The molecule has 0 unspecified atom stereocenters. The lowest BCUT2D eigenvalue weighted by Crippen LogP contribution is -2.38. The third kappa shape index (κ3) is 3.53. The van der Waals surface area contributed by atoms with Gasteiger partial charge < -0.3 is 0 Å². The number of hydrogen-bond acceptors (Lipinski definition) is 7. The molecule has 3 aromatic heterocycles. The third-order valence-corrected chi connectivity index (χ3v) is 5.93. The number of aromatic nitrogens is 6. The van der Waals surface area contributed by atoms with E-state index in [-0.39, 0.29) is 16.8 Å². The summed E-state index contributed by atoms with van der Waals surface area (Å²) in [7, 11) is 5.96. The van der Waals surface area contributed by atoms with Crippen molar-refractivity contribution in [1.82, 2.24) is 28.2 Å². The molecule has 0 bridgehead atoms. The fourth-order valence-corrected chi connectivity index (χ4v) is 3.96. The quantitative estimate of drug-likeness (QED) is 0.423. The highest BCUT2D eigenvalue weighted by Gasteiger charge is 2.24. The Morgan fingerprint density at radius 1 is 0.867 bits per heavy atom. The van der Waals surface area contributed by atoms with Crippen molar-refractivity contribution in [2.24, 2.45) is 28.2 Å². The summed E-state index contributed by atoms with van der Waals surface area (Å²) in [5, 5.41) is 0.626. The standard InChI is InChI=1S/C19H24N6O4S/c1-19(2,3)16-20-13-12(15(27)25(7)18(29)24(13)6)14(21-16)30-9-10-8-11(26)23(5)17(28)22(10)4/h8H,9H2,1-7H3. The molecule has 0 atom stereocenters. The van der Waals surface area contributed by atoms with E-state index in [1.807, 2.05) is 20.8 Å². The first kappa shape index (κ1) is 21.8. The fourth-order valence-electron chi connectivity index (χ4n) is 2.93. The summed E-state index contributed by atoms with van der Waals surface area (Å²) in [5.74, 6) is 0.724. The Balaban J connectivity index is 2.25. The van der Waals surface area contributed by atoms with Crippen molar-refractivity contribution in [3.63, 3.8) is 0 Å². The maximum absolute atomic E-state index is 12.9. The van der Waals surface area contributed by atoms with Gasteiger partial charge in [0.1, 0.15) is 16.2 Å². The third-order valence-electron chi connectivity index (χ3n) is 4.92. The summed E-state index contributed by atoms with van der Waals surface area (Å²) >= 11 is 1.22. The predicted octanol–water partition coefficient (Wildman–Crippen LogP) is 0.0144. The second-order valence-corrected chi connectivity index (χ2v) is 9.13. The summed E-state index contributed by atoms with van der Waals surface area (Å²) in [6, 6.07) is 1.39. The van der Waals surface area contributed by atoms with Crippen LogP contribution in [0.2, 0.25) is 0 Å². The molecule has 0 aromatic carbocycles. The van der Waals surface area contributed by atoms with Crippen molar-refractivity contribution in [2.75, 3.05) is 0 Å². The van der Waals surface area contributed by atoms with Crippen LogP contribution in [0.15, 0.2) is 30.3 Å². The summed E-state index contributed by atoms with van der Waals surface area (Å²) in [4.78, 5) is 58.6. The topological polar surface area (TPSA) is 114 Å². The summed E-state index contributed by atoms with van der Waals surface area (Å²) in [6.45, 7) is 5.81. The van der Waals surface area contributed by atoms with Crippen molar-refractivity contribution in [2.45, 2.75) is 37.0 Å². The number of nitrogens with zero attached hydrogens (tertiary/aromatic N) is 6. The van der Waals surface area contributed by atoms with Crippen LogP contribution in [0.3, 0.4) is 0 Å². The minimum atomic E-state index is -0.492. The molecule has 0 aliphatic rings. The van der Waals surface area contributed by atoms with Gasteiger partial charge in [0.05, 0.1) is 0 Å². The van der Waals surface area contributed by atoms with Crippen LogP contribution in [-0.2, 0) is 39.4 Å². The first-order valence-electron chi connectivity index (χ1n) is 9.21. The van der Waals surface area contributed by atoms with Gasteiger partial charge in [-0.05, 0) is 0 Å². The van der Waals surface area contributed by atoms with E-state index in [1.54, 1.807) is 14.1 Å². The first-order valence-corrected chi connectivity index (χ1v) is 10.2. The van der Waals surface area contributed by atoms with Gasteiger partial charge in [-0.25, -0.2) is 19.6 Å². The van der Waals surface area contributed by atoms with Gasteiger partial charge in [-0.15, -0.1) is 0 Å². The van der Waals surface area contributed by atoms with Gasteiger partial charge in [-0.3, -0.25) is 27.9 Å². The van der Waals surface area contributed by atoms with Gasteiger partial charge in [0.2, 0.25) is 0 Å². The van der Waals surface area contributed by atoms with Gasteiger partial charge in [0, 0.05) is 51.1 Å². The van der Waals surface area contributed by atoms with Crippen LogP contribution in [0, 0.1) is 0 Å². The zero-order valence-corrected chi connectivity index (χ0v) is 18.8. The van der Waals surface area contributed by atoms with Crippen LogP contribution in [0.5, 0.6) is 0 Å². The minimum Gasteiger partial charge on any atom is -0.300 e. The van der Waals surface area contributed by atoms with Crippen LogP contribution >= 0.6 is 11.8 Å². The number of rotatable bonds is 3. The van der Waals surface area contributed by atoms with E-state index in [9.17, 15) is 19.2 Å². The van der Waals surface area contributed by atoms with E-state index in [1.165, 1.54) is 41.1 Å². The molecule has 3 heterocycles. The van der Waals surface area contributed by atoms with E-state index in [2.05, 4.69) is 9.97 Å². The molecule has 0 aliphatic heterocycles. The molecule has 0 radical (unpaired) electrons. The normalized spacial score (nSPS) is 12.0. The lowest BCUT2D eigenvalue weighted by Gasteiger charge is -2.19. The second-order valence-electron chi connectivity index (χ2n) is 8.17. The molecule has 0 fully saturated rings. The second kappa shape index (κ2) is 7.38. The number of fused-ring (bicyclic) bond motifs is 1. The molecule has 0 saturated carbocycles. The van der Waals surface area contributed by atoms with Gasteiger partial charge in [-0.1, -0.05) is 32.5 Å². The van der Waals surface area contributed by atoms with Crippen molar-refractivity contribution in [3.8, 4) is 0 Å². The van der Waals surface area contributed by atoms with E-state index in [0.717, 1.165) is 9.13 Å². The van der Waals surface area contributed by atoms with Crippen molar-refractivity contribution in [3.05, 3.63) is 59.3 Å². The lowest BCUT2D eigenvalue weighted by molar-refractivity contribution is 0.539. The number of thioether (sulfide) groups is 1. The smallest absolute Gasteiger partial charge is 0.300 e. The largest absolute Gasteiger partial charge is 0.332 e. The maximum atomic E-state index is 12.9. The van der Waals surface area contributed by atoms with Crippen LogP contribution < -0.4 is 22.5 Å². The van der Waals surface area contributed by atoms with Crippen LogP contribution in [0.25, 0.3) is 11.0 Å². The molecule has 0 saturated heterocycles. The highest BCUT2D eigenvalue weighted by atomic mass is 32.2. The zero-order valence-electron chi connectivity index (χ0n) is 18.0. The zero-order chi connectivity index (χ0) is 22.5. The summed E-state index contributed by atoms with van der Waals surface area (Å²) in [5.41, 5.74) is -1.47. The molecule has 0 aliphatic carbocycles. The maximum Gasteiger partial charge on any atom is 0.332 e. The molecule has 0 N–H and O–H groups in total.